The molecule has 2 aromatic carbocycles. The number of nitrogens with one attached hydrogen (secondary N) is 2. The molecule has 0 atom stereocenters. The quantitative estimate of drug-likeness (QED) is 0.653. The number of benzene rings is 2. The van der Waals surface area contributed by atoms with Crippen LogP contribution in [0, 0.1) is 6.92 Å². The van der Waals surface area contributed by atoms with Gasteiger partial charge in [0.2, 0.25) is 0 Å². The maximum absolute atomic E-state index is 12.2. The molecule has 6 nitrogen and oxygen atoms in total. The number of rotatable bonds is 6. The first-order chi connectivity index (χ1) is 12.9. The molecule has 3 rings (SSSR count). The predicted octanol–water partition coefficient (Wildman–Crippen LogP) is 4.12. The van der Waals surface area contributed by atoms with E-state index in [0.29, 0.717) is 16.4 Å². The normalized spacial score (nSPS) is 11.4. The standard InChI is InChI=1S/C19H17N3O3S2/c1-14-13-20-19(26-14)21-18(23)16-7-9-17(10-8-16)22-27(24,25)12-11-15-5-3-2-4-6-15/h2-13,22H,1H3,(H,20,21,23)/b12-11+. The third-order valence-corrected chi connectivity index (χ3v) is 5.33. The number of amides is 1. The number of thiazole rings is 1. The first kappa shape index (κ1) is 18.8. The number of nitrogens with zero attached hydrogens (tertiary/aromatic N) is 1. The van der Waals surface area contributed by atoms with Gasteiger partial charge in [0.05, 0.1) is 5.41 Å². The molecule has 8 heteroatoms. The van der Waals surface area contributed by atoms with Gasteiger partial charge in [0.25, 0.3) is 15.9 Å². The highest BCUT2D eigenvalue weighted by atomic mass is 32.2. The Hall–Kier alpha value is -2.97. The molecule has 0 radical (unpaired) electrons. The van der Waals surface area contributed by atoms with Crippen molar-refractivity contribution in [3.8, 4) is 0 Å². The lowest BCUT2D eigenvalue weighted by Crippen LogP contribution is -2.12. The fraction of sp³-hybridized carbons (Fsp3) is 0.0526. The molecule has 0 bridgehead atoms. The van der Waals surface area contributed by atoms with Crippen molar-refractivity contribution < 1.29 is 13.2 Å². The van der Waals surface area contributed by atoms with Gasteiger partial charge in [0.15, 0.2) is 5.13 Å². The number of hydrogen-bond donors (Lipinski definition) is 2. The monoisotopic (exact) mass is 399 g/mol. The summed E-state index contributed by atoms with van der Waals surface area (Å²) in [6, 6.07) is 15.3. The molecule has 1 heterocycles. The van der Waals surface area contributed by atoms with E-state index in [1.165, 1.54) is 29.5 Å². The van der Waals surface area contributed by atoms with Gasteiger partial charge in [-0.2, -0.15) is 0 Å². The molecule has 0 fully saturated rings. The highest BCUT2D eigenvalue weighted by molar-refractivity contribution is 7.95. The second kappa shape index (κ2) is 8.15. The smallest absolute Gasteiger partial charge is 0.257 e. The van der Waals surface area contributed by atoms with Crippen molar-refractivity contribution >= 4 is 44.2 Å². The first-order valence-corrected chi connectivity index (χ1v) is 10.4. The van der Waals surface area contributed by atoms with Crippen LogP contribution >= 0.6 is 11.3 Å². The fourth-order valence-corrected chi connectivity index (χ4v) is 3.73. The summed E-state index contributed by atoms with van der Waals surface area (Å²) >= 11 is 1.38. The van der Waals surface area contributed by atoms with E-state index in [2.05, 4.69) is 15.0 Å². The Bertz CT molecular complexity index is 1060. The van der Waals surface area contributed by atoms with Crippen molar-refractivity contribution in [1.82, 2.24) is 4.98 Å². The summed E-state index contributed by atoms with van der Waals surface area (Å²) in [6.45, 7) is 1.90. The zero-order valence-electron chi connectivity index (χ0n) is 14.4. The van der Waals surface area contributed by atoms with E-state index in [9.17, 15) is 13.2 Å². The zero-order valence-corrected chi connectivity index (χ0v) is 16.0. The van der Waals surface area contributed by atoms with Crippen molar-refractivity contribution in [1.29, 1.82) is 0 Å². The van der Waals surface area contributed by atoms with Crippen LogP contribution in [-0.2, 0) is 10.0 Å². The van der Waals surface area contributed by atoms with Crippen LogP contribution in [0.5, 0.6) is 0 Å². The van der Waals surface area contributed by atoms with Gasteiger partial charge >= 0.3 is 0 Å². The molecular weight excluding hydrogens is 382 g/mol. The maximum atomic E-state index is 12.2. The van der Waals surface area contributed by atoms with E-state index >= 15 is 0 Å². The Morgan fingerprint density at radius 1 is 1.07 bits per heavy atom. The minimum atomic E-state index is -3.65. The molecule has 1 amide bonds. The Morgan fingerprint density at radius 3 is 2.41 bits per heavy atom. The molecule has 0 unspecified atom stereocenters. The van der Waals surface area contributed by atoms with Crippen molar-refractivity contribution in [3.05, 3.63) is 82.2 Å². The van der Waals surface area contributed by atoms with E-state index < -0.39 is 10.0 Å². The summed E-state index contributed by atoms with van der Waals surface area (Å²) in [6.07, 6.45) is 3.20. The van der Waals surface area contributed by atoms with Crippen LogP contribution in [0.4, 0.5) is 10.8 Å². The number of anilines is 2. The Morgan fingerprint density at radius 2 is 1.78 bits per heavy atom. The topological polar surface area (TPSA) is 88.2 Å². The van der Waals surface area contributed by atoms with E-state index in [-0.39, 0.29) is 5.91 Å². The van der Waals surface area contributed by atoms with Gasteiger partial charge in [-0.05, 0) is 42.8 Å². The molecule has 0 saturated heterocycles. The predicted molar refractivity (Wildman–Crippen MR) is 109 cm³/mol. The van der Waals surface area contributed by atoms with Crippen LogP contribution < -0.4 is 10.0 Å². The summed E-state index contributed by atoms with van der Waals surface area (Å²) in [7, 11) is -3.65. The van der Waals surface area contributed by atoms with Crippen molar-refractivity contribution in [3.63, 3.8) is 0 Å². The van der Waals surface area contributed by atoms with Gasteiger partial charge in [-0.15, -0.1) is 11.3 Å². The minimum absolute atomic E-state index is 0.303. The van der Waals surface area contributed by atoms with Gasteiger partial charge in [-0.3, -0.25) is 14.8 Å². The van der Waals surface area contributed by atoms with Gasteiger partial charge in [0, 0.05) is 22.3 Å². The van der Waals surface area contributed by atoms with Crippen molar-refractivity contribution in [2.45, 2.75) is 6.92 Å². The molecule has 1 aromatic heterocycles. The maximum Gasteiger partial charge on any atom is 0.257 e. The number of sulfonamides is 1. The molecule has 0 spiro atoms. The van der Waals surface area contributed by atoms with Gasteiger partial charge < -0.3 is 0 Å². The molecule has 2 N–H and O–H groups in total. The highest BCUT2D eigenvalue weighted by Gasteiger charge is 2.10. The fourth-order valence-electron chi connectivity index (χ4n) is 2.20. The van der Waals surface area contributed by atoms with Gasteiger partial charge in [-0.25, -0.2) is 13.4 Å². The number of aryl methyl sites for hydroxylation is 1. The lowest BCUT2D eigenvalue weighted by molar-refractivity contribution is 0.102. The molecule has 0 saturated carbocycles. The van der Waals surface area contributed by atoms with E-state index in [1.54, 1.807) is 18.3 Å². The molecular formula is C19H17N3O3S2. The van der Waals surface area contributed by atoms with Crippen LogP contribution in [0.2, 0.25) is 0 Å². The third kappa shape index (κ3) is 5.50. The summed E-state index contributed by atoms with van der Waals surface area (Å²) in [5.41, 5.74) is 1.56. The minimum Gasteiger partial charge on any atom is -0.298 e. The van der Waals surface area contributed by atoms with Crippen LogP contribution in [0.3, 0.4) is 0 Å². The molecule has 0 aliphatic rings. The van der Waals surface area contributed by atoms with Crippen LogP contribution in [0.1, 0.15) is 20.8 Å². The Labute approximate surface area is 161 Å². The lowest BCUT2D eigenvalue weighted by Gasteiger charge is -2.06. The van der Waals surface area contributed by atoms with Crippen molar-refractivity contribution in [2.24, 2.45) is 0 Å². The van der Waals surface area contributed by atoms with E-state index in [1.807, 2.05) is 37.3 Å². The highest BCUT2D eigenvalue weighted by Crippen LogP contribution is 2.18. The zero-order chi connectivity index (χ0) is 19.3. The van der Waals surface area contributed by atoms with Gasteiger partial charge in [-0.1, -0.05) is 30.3 Å². The van der Waals surface area contributed by atoms with Crippen LogP contribution in [0.15, 0.2) is 66.2 Å². The van der Waals surface area contributed by atoms with E-state index in [0.717, 1.165) is 15.8 Å². The molecule has 0 aliphatic heterocycles. The molecule has 3 aromatic rings. The summed E-state index contributed by atoms with van der Waals surface area (Å²) < 4.78 is 26.8. The average molecular weight is 399 g/mol. The molecule has 0 aliphatic carbocycles. The van der Waals surface area contributed by atoms with Crippen LogP contribution in [0.25, 0.3) is 6.08 Å². The summed E-state index contributed by atoms with van der Waals surface area (Å²) in [4.78, 5) is 17.3. The molecule has 138 valence electrons. The summed E-state index contributed by atoms with van der Waals surface area (Å²) in [5, 5.41) is 4.33. The summed E-state index contributed by atoms with van der Waals surface area (Å²) in [5.74, 6) is -0.303. The number of carbonyl (C=O) groups is 1. The van der Waals surface area contributed by atoms with Crippen molar-refractivity contribution in [2.75, 3.05) is 10.0 Å². The van der Waals surface area contributed by atoms with E-state index in [4.69, 9.17) is 0 Å². The molecule has 27 heavy (non-hydrogen) atoms. The largest absolute Gasteiger partial charge is 0.298 e. The second-order valence-electron chi connectivity index (χ2n) is 5.67. The first-order valence-electron chi connectivity index (χ1n) is 8.01. The number of carbonyl (C=O) groups excluding carboxylic acids is 1. The average Bonchev–Trinajstić information content (AvgIpc) is 3.06. The number of hydrogen-bond acceptors (Lipinski definition) is 5. The Kier molecular flexibility index (Phi) is 5.68. The Balaban J connectivity index is 1.64. The SMILES string of the molecule is Cc1cnc(NC(=O)c2ccc(NS(=O)(=O)/C=C/c3ccccc3)cc2)s1. The second-order valence-corrected chi connectivity index (χ2v) is 8.47. The number of aromatic nitrogens is 1. The third-order valence-electron chi connectivity index (χ3n) is 3.49. The lowest BCUT2D eigenvalue weighted by atomic mass is 10.2. The van der Waals surface area contributed by atoms with Gasteiger partial charge in [0.1, 0.15) is 0 Å². The van der Waals surface area contributed by atoms with Crippen LogP contribution in [-0.4, -0.2) is 19.3 Å².